The summed E-state index contributed by atoms with van der Waals surface area (Å²) in [4.78, 5) is 7.28. The fourth-order valence-electron chi connectivity index (χ4n) is 1.21. The van der Waals surface area contributed by atoms with Crippen LogP contribution >= 0.6 is 11.6 Å². The molecule has 0 aliphatic rings. The third-order valence-electron chi connectivity index (χ3n) is 1.93. The highest BCUT2D eigenvalue weighted by atomic mass is 35.5. The second-order valence-corrected chi connectivity index (χ2v) is 4.22. The van der Waals surface area contributed by atoms with Crippen molar-refractivity contribution in [2.75, 3.05) is 18.5 Å². The number of aromatic nitrogens is 2. The van der Waals surface area contributed by atoms with Gasteiger partial charge in [0.1, 0.15) is 0 Å². The Bertz CT molecular complexity index is 360. The lowest BCUT2D eigenvalue weighted by Gasteiger charge is -2.25. The molecule has 1 aromatic heterocycles. The number of ether oxygens (including phenoxy) is 1. The predicted molar refractivity (Wildman–Crippen MR) is 61.2 cm³/mol. The van der Waals surface area contributed by atoms with Crippen LogP contribution in [0.5, 0.6) is 0 Å². The van der Waals surface area contributed by atoms with Crippen LogP contribution in [0.25, 0.3) is 0 Å². The van der Waals surface area contributed by atoms with E-state index in [1.807, 2.05) is 20.8 Å². The van der Waals surface area contributed by atoms with E-state index in [9.17, 15) is 4.39 Å². The summed E-state index contributed by atoms with van der Waals surface area (Å²) in [6.45, 7) is 6.76. The van der Waals surface area contributed by atoms with E-state index in [0.29, 0.717) is 13.2 Å². The summed E-state index contributed by atoms with van der Waals surface area (Å²) in [5.41, 5.74) is -0.390. The molecular formula is C10H15ClFN3O. The Balaban J connectivity index is 2.63. The van der Waals surface area contributed by atoms with Crippen LogP contribution in [0, 0.1) is 5.82 Å². The summed E-state index contributed by atoms with van der Waals surface area (Å²) in [6.07, 6.45) is 1.03. The van der Waals surface area contributed by atoms with Gasteiger partial charge < -0.3 is 10.1 Å². The van der Waals surface area contributed by atoms with Gasteiger partial charge in [-0.3, -0.25) is 0 Å². The highest BCUT2D eigenvalue weighted by molar-refractivity contribution is 6.28. The third kappa shape index (κ3) is 3.90. The van der Waals surface area contributed by atoms with Crippen LogP contribution in [0.15, 0.2) is 6.20 Å². The molecule has 16 heavy (non-hydrogen) atoms. The molecule has 0 saturated carbocycles. The first-order chi connectivity index (χ1) is 7.44. The summed E-state index contributed by atoms with van der Waals surface area (Å²) in [6, 6.07) is 0. The lowest BCUT2D eigenvalue weighted by Crippen LogP contribution is -2.33. The highest BCUT2D eigenvalue weighted by Gasteiger charge is 2.18. The number of rotatable bonds is 5. The molecule has 0 unspecified atom stereocenters. The van der Waals surface area contributed by atoms with E-state index in [1.165, 1.54) is 0 Å². The minimum atomic E-state index is -0.531. The fourth-order valence-corrected chi connectivity index (χ4v) is 1.34. The van der Waals surface area contributed by atoms with E-state index in [1.54, 1.807) is 0 Å². The van der Waals surface area contributed by atoms with E-state index < -0.39 is 11.4 Å². The molecule has 0 aromatic carbocycles. The number of halogens is 2. The van der Waals surface area contributed by atoms with Crippen LogP contribution in [-0.4, -0.2) is 28.7 Å². The van der Waals surface area contributed by atoms with Gasteiger partial charge in [-0.25, -0.2) is 9.37 Å². The van der Waals surface area contributed by atoms with Crippen LogP contribution < -0.4 is 5.32 Å². The first-order valence-electron chi connectivity index (χ1n) is 5.00. The Hall–Kier alpha value is -0.940. The van der Waals surface area contributed by atoms with Crippen LogP contribution in [0.4, 0.5) is 10.2 Å². The molecule has 0 radical (unpaired) electrons. The largest absolute Gasteiger partial charge is 0.374 e. The van der Waals surface area contributed by atoms with E-state index >= 15 is 0 Å². The van der Waals surface area contributed by atoms with Crippen molar-refractivity contribution in [3.8, 4) is 0 Å². The molecule has 0 amide bonds. The molecule has 6 heteroatoms. The molecule has 1 aromatic rings. The normalized spacial score (nSPS) is 11.6. The second kappa shape index (κ2) is 5.41. The standard InChI is InChI=1S/C10H15ClFN3O/c1-4-16-10(2,3)6-14-8-7(12)5-13-9(11)15-8/h5H,4,6H2,1-3H3,(H,13,14,15). The summed E-state index contributed by atoms with van der Waals surface area (Å²) in [5.74, 6) is -0.440. The summed E-state index contributed by atoms with van der Waals surface area (Å²) < 4.78 is 18.7. The zero-order valence-electron chi connectivity index (χ0n) is 9.55. The molecule has 0 bridgehead atoms. The molecule has 0 fully saturated rings. The van der Waals surface area contributed by atoms with Crippen molar-refractivity contribution in [3.63, 3.8) is 0 Å². The van der Waals surface area contributed by atoms with Gasteiger partial charge >= 0.3 is 0 Å². The van der Waals surface area contributed by atoms with Crippen LogP contribution in [0.1, 0.15) is 20.8 Å². The smallest absolute Gasteiger partial charge is 0.224 e. The Morgan fingerprint density at radius 3 is 2.88 bits per heavy atom. The van der Waals surface area contributed by atoms with Crippen LogP contribution in [0.3, 0.4) is 0 Å². The van der Waals surface area contributed by atoms with Crippen LogP contribution in [-0.2, 0) is 4.74 Å². The molecule has 4 nitrogen and oxygen atoms in total. The Labute approximate surface area is 99.2 Å². The Morgan fingerprint density at radius 2 is 2.25 bits per heavy atom. The molecule has 1 heterocycles. The van der Waals surface area contributed by atoms with Gasteiger partial charge in [-0.15, -0.1) is 0 Å². The van der Waals surface area contributed by atoms with Crippen molar-refractivity contribution in [3.05, 3.63) is 17.3 Å². The molecule has 0 aliphatic heterocycles. The lowest BCUT2D eigenvalue weighted by molar-refractivity contribution is 0.000600. The van der Waals surface area contributed by atoms with E-state index in [4.69, 9.17) is 16.3 Å². The van der Waals surface area contributed by atoms with E-state index in [0.717, 1.165) is 6.20 Å². The summed E-state index contributed by atoms with van der Waals surface area (Å²) >= 11 is 5.57. The number of nitrogens with one attached hydrogen (secondary N) is 1. The number of anilines is 1. The fraction of sp³-hybridized carbons (Fsp3) is 0.600. The van der Waals surface area contributed by atoms with Crippen LogP contribution in [0.2, 0.25) is 5.28 Å². The number of hydrogen-bond acceptors (Lipinski definition) is 4. The van der Waals surface area contributed by atoms with Gasteiger partial charge in [0.05, 0.1) is 11.8 Å². The van der Waals surface area contributed by atoms with Crippen molar-refractivity contribution in [1.29, 1.82) is 0 Å². The number of nitrogens with zero attached hydrogens (tertiary/aromatic N) is 2. The van der Waals surface area contributed by atoms with Gasteiger partial charge in [-0.1, -0.05) is 0 Å². The van der Waals surface area contributed by atoms with Gasteiger partial charge in [-0.05, 0) is 32.4 Å². The second-order valence-electron chi connectivity index (χ2n) is 3.88. The maximum absolute atomic E-state index is 13.2. The molecule has 0 spiro atoms. The quantitative estimate of drug-likeness (QED) is 0.812. The van der Waals surface area contributed by atoms with Gasteiger partial charge in [0.25, 0.3) is 0 Å². The maximum atomic E-state index is 13.2. The zero-order valence-corrected chi connectivity index (χ0v) is 10.3. The summed E-state index contributed by atoms with van der Waals surface area (Å²) in [7, 11) is 0. The molecule has 0 aliphatic carbocycles. The average molecular weight is 248 g/mol. The third-order valence-corrected chi connectivity index (χ3v) is 2.11. The molecule has 90 valence electrons. The van der Waals surface area contributed by atoms with Crippen molar-refractivity contribution in [1.82, 2.24) is 9.97 Å². The summed E-state index contributed by atoms with van der Waals surface area (Å²) in [5, 5.41) is 2.86. The molecular weight excluding hydrogens is 233 g/mol. The van der Waals surface area contributed by atoms with Gasteiger partial charge in [0.15, 0.2) is 11.6 Å². The first kappa shape index (κ1) is 13.1. The topological polar surface area (TPSA) is 47.0 Å². The highest BCUT2D eigenvalue weighted by Crippen LogP contribution is 2.15. The van der Waals surface area contributed by atoms with Gasteiger partial charge in [0.2, 0.25) is 5.28 Å². The van der Waals surface area contributed by atoms with Crippen molar-refractivity contribution in [2.45, 2.75) is 26.4 Å². The maximum Gasteiger partial charge on any atom is 0.224 e. The first-order valence-corrected chi connectivity index (χ1v) is 5.38. The van der Waals surface area contributed by atoms with Crippen molar-refractivity contribution >= 4 is 17.4 Å². The molecule has 1 N–H and O–H groups in total. The SMILES string of the molecule is CCOC(C)(C)CNc1nc(Cl)ncc1F. The Morgan fingerprint density at radius 1 is 1.56 bits per heavy atom. The van der Waals surface area contributed by atoms with E-state index in [2.05, 4.69) is 15.3 Å². The minimum Gasteiger partial charge on any atom is -0.374 e. The average Bonchev–Trinajstić information content (AvgIpc) is 2.19. The Kier molecular flexibility index (Phi) is 4.44. The molecule has 0 saturated heterocycles. The predicted octanol–water partition coefficient (Wildman–Crippen LogP) is 2.50. The lowest BCUT2D eigenvalue weighted by atomic mass is 10.1. The van der Waals surface area contributed by atoms with Crippen molar-refractivity contribution < 1.29 is 9.13 Å². The zero-order chi connectivity index (χ0) is 12.2. The van der Waals surface area contributed by atoms with Gasteiger partial charge in [0, 0.05) is 13.2 Å². The van der Waals surface area contributed by atoms with Crippen molar-refractivity contribution in [2.24, 2.45) is 0 Å². The molecule has 0 atom stereocenters. The van der Waals surface area contributed by atoms with E-state index in [-0.39, 0.29) is 11.1 Å². The monoisotopic (exact) mass is 247 g/mol. The minimum absolute atomic E-state index is 0.0121. The van der Waals surface area contributed by atoms with Gasteiger partial charge in [-0.2, -0.15) is 4.98 Å². The molecule has 1 rings (SSSR count). The number of hydrogen-bond donors (Lipinski definition) is 1.